The van der Waals surface area contributed by atoms with E-state index in [9.17, 15) is 0 Å². The van der Waals surface area contributed by atoms with Crippen molar-refractivity contribution in [3.05, 3.63) is 34.9 Å². The number of halogens is 1. The normalized spacial score (nSPS) is 12.6. The van der Waals surface area contributed by atoms with Crippen LogP contribution >= 0.6 is 11.6 Å². The van der Waals surface area contributed by atoms with E-state index in [0.717, 1.165) is 37.7 Å². The molecule has 1 aromatic carbocycles. The summed E-state index contributed by atoms with van der Waals surface area (Å²) in [6, 6.07) is 8.04. The Labute approximate surface area is 109 Å². The summed E-state index contributed by atoms with van der Waals surface area (Å²) in [5.41, 5.74) is 1.24. The van der Waals surface area contributed by atoms with Crippen LogP contribution in [0.5, 0.6) is 0 Å². The van der Waals surface area contributed by atoms with Crippen molar-refractivity contribution in [3.63, 3.8) is 0 Å². The van der Waals surface area contributed by atoms with Gasteiger partial charge < -0.3 is 10.1 Å². The molecule has 1 aromatic rings. The molecule has 0 fully saturated rings. The van der Waals surface area contributed by atoms with E-state index in [-0.39, 0.29) is 0 Å². The zero-order chi connectivity index (χ0) is 12.5. The Morgan fingerprint density at radius 1 is 1.35 bits per heavy atom. The van der Waals surface area contributed by atoms with Gasteiger partial charge in [-0.3, -0.25) is 0 Å². The van der Waals surface area contributed by atoms with Gasteiger partial charge >= 0.3 is 0 Å². The van der Waals surface area contributed by atoms with E-state index in [1.807, 2.05) is 25.1 Å². The summed E-state index contributed by atoms with van der Waals surface area (Å²) in [7, 11) is 0. The van der Waals surface area contributed by atoms with Crippen LogP contribution in [-0.2, 0) is 4.74 Å². The van der Waals surface area contributed by atoms with Gasteiger partial charge in [0.1, 0.15) is 0 Å². The van der Waals surface area contributed by atoms with Gasteiger partial charge in [-0.25, -0.2) is 0 Å². The van der Waals surface area contributed by atoms with Crippen LogP contribution in [0.2, 0.25) is 5.02 Å². The monoisotopic (exact) mass is 255 g/mol. The van der Waals surface area contributed by atoms with Crippen molar-refractivity contribution >= 4 is 11.6 Å². The van der Waals surface area contributed by atoms with Gasteiger partial charge in [0.25, 0.3) is 0 Å². The Bertz CT molecular complexity index is 317. The highest BCUT2D eigenvalue weighted by Gasteiger charge is 2.11. The molecule has 0 aliphatic carbocycles. The molecule has 2 nitrogen and oxygen atoms in total. The standard InChI is InChI=1S/C14H22ClNO/c1-3-8-16-10-13(11-17-4-2)12-6-5-7-14(15)9-12/h5-7,9,13,16H,3-4,8,10-11H2,1-2H3. The fraction of sp³-hybridized carbons (Fsp3) is 0.571. The van der Waals surface area contributed by atoms with E-state index in [2.05, 4.69) is 18.3 Å². The Morgan fingerprint density at radius 3 is 2.82 bits per heavy atom. The molecular weight excluding hydrogens is 234 g/mol. The van der Waals surface area contributed by atoms with Crippen LogP contribution in [0.1, 0.15) is 31.7 Å². The maximum Gasteiger partial charge on any atom is 0.0546 e. The Kier molecular flexibility index (Phi) is 7.25. The minimum Gasteiger partial charge on any atom is -0.381 e. The Balaban J connectivity index is 2.60. The quantitative estimate of drug-likeness (QED) is 0.719. The first-order valence-corrected chi connectivity index (χ1v) is 6.69. The molecule has 3 heteroatoms. The molecule has 0 aliphatic rings. The zero-order valence-corrected chi connectivity index (χ0v) is 11.5. The first-order chi connectivity index (χ1) is 8.27. The number of hydrogen-bond acceptors (Lipinski definition) is 2. The van der Waals surface area contributed by atoms with Crippen molar-refractivity contribution < 1.29 is 4.74 Å². The van der Waals surface area contributed by atoms with Crippen LogP contribution in [0.15, 0.2) is 24.3 Å². The summed E-state index contributed by atoms with van der Waals surface area (Å²) < 4.78 is 5.54. The van der Waals surface area contributed by atoms with Crippen LogP contribution in [-0.4, -0.2) is 26.3 Å². The summed E-state index contributed by atoms with van der Waals surface area (Å²) in [5.74, 6) is 0.375. The molecule has 0 amide bonds. The van der Waals surface area contributed by atoms with Crippen molar-refractivity contribution in [2.45, 2.75) is 26.2 Å². The summed E-state index contributed by atoms with van der Waals surface area (Å²) in [6.45, 7) is 7.67. The molecule has 0 heterocycles. The van der Waals surface area contributed by atoms with Gasteiger partial charge in [-0.15, -0.1) is 0 Å². The highest BCUT2D eigenvalue weighted by molar-refractivity contribution is 6.30. The first kappa shape index (κ1) is 14.5. The van der Waals surface area contributed by atoms with E-state index in [1.54, 1.807) is 0 Å². The molecule has 0 saturated carbocycles. The second kappa shape index (κ2) is 8.51. The average molecular weight is 256 g/mol. The molecule has 0 saturated heterocycles. The van der Waals surface area contributed by atoms with Gasteiger partial charge in [0.15, 0.2) is 0 Å². The largest absolute Gasteiger partial charge is 0.381 e. The van der Waals surface area contributed by atoms with Gasteiger partial charge in [-0.2, -0.15) is 0 Å². The molecule has 1 N–H and O–H groups in total. The maximum absolute atomic E-state index is 6.02. The van der Waals surface area contributed by atoms with Gasteiger partial charge in [0.05, 0.1) is 6.61 Å². The second-order valence-corrected chi connectivity index (χ2v) is 4.55. The number of nitrogens with one attached hydrogen (secondary N) is 1. The summed E-state index contributed by atoms with van der Waals surface area (Å²) in [5, 5.41) is 4.23. The van der Waals surface area contributed by atoms with Crippen molar-refractivity contribution in [2.24, 2.45) is 0 Å². The lowest BCUT2D eigenvalue weighted by Gasteiger charge is -2.18. The zero-order valence-electron chi connectivity index (χ0n) is 10.7. The van der Waals surface area contributed by atoms with E-state index >= 15 is 0 Å². The highest BCUT2D eigenvalue weighted by atomic mass is 35.5. The fourth-order valence-electron chi connectivity index (χ4n) is 1.75. The van der Waals surface area contributed by atoms with Crippen molar-refractivity contribution in [3.8, 4) is 0 Å². The highest BCUT2D eigenvalue weighted by Crippen LogP contribution is 2.19. The molecule has 0 spiro atoms. The predicted molar refractivity (Wildman–Crippen MR) is 73.8 cm³/mol. The molecule has 0 aliphatic heterocycles. The molecule has 96 valence electrons. The minimum absolute atomic E-state index is 0.375. The average Bonchev–Trinajstić information content (AvgIpc) is 2.33. The van der Waals surface area contributed by atoms with Crippen molar-refractivity contribution in [2.75, 3.05) is 26.3 Å². The van der Waals surface area contributed by atoms with Gasteiger partial charge in [0.2, 0.25) is 0 Å². The first-order valence-electron chi connectivity index (χ1n) is 6.31. The van der Waals surface area contributed by atoms with Crippen LogP contribution in [0.4, 0.5) is 0 Å². The summed E-state index contributed by atoms with van der Waals surface area (Å²) in [4.78, 5) is 0. The Hall–Kier alpha value is -0.570. The second-order valence-electron chi connectivity index (χ2n) is 4.12. The van der Waals surface area contributed by atoms with Gasteiger partial charge in [0, 0.05) is 24.1 Å². The third-order valence-electron chi connectivity index (χ3n) is 2.66. The smallest absolute Gasteiger partial charge is 0.0546 e. The Morgan fingerprint density at radius 2 is 2.18 bits per heavy atom. The topological polar surface area (TPSA) is 21.3 Å². The van der Waals surface area contributed by atoms with E-state index in [0.29, 0.717) is 5.92 Å². The van der Waals surface area contributed by atoms with Crippen LogP contribution in [0.3, 0.4) is 0 Å². The SMILES string of the molecule is CCCNCC(COCC)c1cccc(Cl)c1. The number of hydrogen-bond donors (Lipinski definition) is 1. The lowest BCUT2D eigenvalue weighted by Crippen LogP contribution is -2.25. The van der Waals surface area contributed by atoms with Crippen LogP contribution < -0.4 is 5.32 Å². The molecule has 1 rings (SSSR count). The number of ether oxygens (including phenoxy) is 1. The molecule has 17 heavy (non-hydrogen) atoms. The van der Waals surface area contributed by atoms with Gasteiger partial charge in [-0.1, -0.05) is 30.7 Å². The molecular formula is C14H22ClNO. The van der Waals surface area contributed by atoms with Crippen LogP contribution in [0, 0.1) is 0 Å². The van der Waals surface area contributed by atoms with E-state index in [4.69, 9.17) is 16.3 Å². The lowest BCUT2D eigenvalue weighted by atomic mass is 10.00. The van der Waals surface area contributed by atoms with Gasteiger partial charge in [-0.05, 0) is 37.6 Å². The molecule has 0 bridgehead atoms. The summed E-state index contributed by atoms with van der Waals surface area (Å²) >= 11 is 6.02. The molecule has 0 radical (unpaired) electrons. The maximum atomic E-state index is 6.02. The third-order valence-corrected chi connectivity index (χ3v) is 2.90. The van der Waals surface area contributed by atoms with E-state index < -0.39 is 0 Å². The summed E-state index contributed by atoms with van der Waals surface area (Å²) in [6.07, 6.45) is 1.15. The lowest BCUT2D eigenvalue weighted by molar-refractivity contribution is 0.131. The fourth-order valence-corrected chi connectivity index (χ4v) is 1.95. The predicted octanol–water partition coefficient (Wildman–Crippen LogP) is 3.46. The van der Waals surface area contributed by atoms with Crippen LogP contribution in [0.25, 0.3) is 0 Å². The third kappa shape index (κ3) is 5.53. The van der Waals surface area contributed by atoms with Crippen molar-refractivity contribution in [1.82, 2.24) is 5.32 Å². The molecule has 1 unspecified atom stereocenters. The number of rotatable bonds is 8. The van der Waals surface area contributed by atoms with E-state index in [1.165, 1.54) is 5.56 Å². The van der Waals surface area contributed by atoms with Crippen molar-refractivity contribution in [1.29, 1.82) is 0 Å². The number of benzene rings is 1. The minimum atomic E-state index is 0.375. The molecule has 0 aromatic heterocycles. The molecule has 1 atom stereocenters.